The molecule has 3 rings (SSSR count). The first kappa shape index (κ1) is 24.4. The number of piperazine rings is 1. The number of aliphatic carboxylic acids is 2. The third-order valence-electron chi connectivity index (χ3n) is 4.93. The van der Waals surface area contributed by atoms with Crippen LogP contribution in [0.15, 0.2) is 30.5 Å². The van der Waals surface area contributed by atoms with Gasteiger partial charge in [0.25, 0.3) is 0 Å². The van der Waals surface area contributed by atoms with Crippen LogP contribution in [0.2, 0.25) is 0 Å². The molecule has 0 spiro atoms. The van der Waals surface area contributed by atoms with E-state index in [4.69, 9.17) is 19.9 Å². The lowest BCUT2D eigenvalue weighted by molar-refractivity contribution is -0.134. The Morgan fingerprint density at radius 2 is 1.97 bits per heavy atom. The van der Waals surface area contributed by atoms with Crippen molar-refractivity contribution in [3.63, 3.8) is 0 Å². The highest BCUT2D eigenvalue weighted by Gasteiger charge is 2.23. The molecule has 10 nitrogen and oxygen atoms in total. The van der Waals surface area contributed by atoms with Crippen molar-refractivity contribution in [2.24, 2.45) is 0 Å². The van der Waals surface area contributed by atoms with Crippen LogP contribution in [0.5, 0.6) is 0 Å². The molecular formula is C21H31N5O5. The fraction of sp³-hybridized carbons (Fsp3) is 0.524. The maximum atomic E-state index is 9.55. The Labute approximate surface area is 181 Å². The van der Waals surface area contributed by atoms with E-state index in [-0.39, 0.29) is 0 Å². The number of likely N-dealkylation sites (N-methyl/N-ethyl adjacent to an activating group) is 1. The van der Waals surface area contributed by atoms with Crippen molar-refractivity contribution in [1.29, 1.82) is 0 Å². The van der Waals surface area contributed by atoms with Crippen molar-refractivity contribution >= 4 is 23.1 Å². The standard InChI is InChI=1S/C17H27N5O.C4H4O4/c1-4-23-11-10-22-16(19-15-6-5-7-18-17(15)22)13-21-9-8-20(3)12-14(21)2;5-3(6)1-2-4(7)8/h5-7,14H,4,8-13H2,1-3H3;1-2H,(H,5,6)(H,7,8)/b;2-1+. The van der Waals surface area contributed by atoms with Gasteiger partial charge in [-0.1, -0.05) is 0 Å². The van der Waals surface area contributed by atoms with Gasteiger partial charge in [-0.3, -0.25) is 4.90 Å². The molecule has 31 heavy (non-hydrogen) atoms. The Kier molecular flexibility index (Phi) is 9.57. The average molecular weight is 434 g/mol. The van der Waals surface area contributed by atoms with Gasteiger partial charge in [-0.25, -0.2) is 19.6 Å². The molecule has 0 bridgehead atoms. The number of ether oxygens (including phenoxy) is 1. The molecule has 2 N–H and O–H groups in total. The fourth-order valence-corrected chi connectivity index (χ4v) is 3.40. The number of hydrogen-bond donors (Lipinski definition) is 2. The number of hydrogen-bond acceptors (Lipinski definition) is 7. The van der Waals surface area contributed by atoms with E-state index in [2.05, 4.69) is 33.3 Å². The smallest absolute Gasteiger partial charge is 0.328 e. The molecule has 1 saturated heterocycles. The highest BCUT2D eigenvalue weighted by atomic mass is 16.5. The Hall–Kier alpha value is -2.82. The van der Waals surface area contributed by atoms with Gasteiger partial charge >= 0.3 is 11.9 Å². The number of pyridine rings is 1. The minimum atomic E-state index is -1.26. The van der Waals surface area contributed by atoms with E-state index in [1.54, 1.807) is 0 Å². The lowest BCUT2D eigenvalue weighted by Crippen LogP contribution is -2.50. The zero-order valence-corrected chi connectivity index (χ0v) is 18.3. The number of carbonyl (C=O) groups is 2. The zero-order chi connectivity index (χ0) is 22.8. The first-order valence-corrected chi connectivity index (χ1v) is 10.3. The molecule has 3 heterocycles. The second kappa shape index (κ2) is 12.1. The highest BCUT2D eigenvalue weighted by molar-refractivity contribution is 5.89. The summed E-state index contributed by atoms with van der Waals surface area (Å²) >= 11 is 0. The maximum Gasteiger partial charge on any atom is 0.328 e. The maximum absolute atomic E-state index is 9.55. The Morgan fingerprint density at radius 1 is 1.26 bits per heavy atom. The normalized spacial score (nSPS) is 17.6. The molecule has 0 radical (unpaired) electrons. The Morgan fingerprint density at radius 3 is 2.58 bits per heavy atom. The SMILES string of the molecule is CCOCCn1c(CN2CCN(C)CC2C)nc2cccnc21.O=C(O)/C=C/C(=O)O. The Balaban J connectivity index is 0.000000366. The summed E-state index contributed by atoms with van der Waals surface area (Å²) in [6.45, 7) is 10.7. The van der Waals surface area contributed by atoms with Gasteiger partial charge in [0.2, 0.25) is 0 Å². The highest BCUT2D eigenvalue weighted by Crippen LogP contribution is 2.18. The van der Waals surface area contributed by atoms with E-state index in [0.717, 1.165) is 56.3 Å². The third kappa shape index (κ3) is 7.74. The van der Waals surface area contributed by atoms with E-state index >= 15 is 0 Å². The van der Waals surface area contributed by atoms with E-state index in [9.17, 15) is 9.59 Å². The fourth-order valence-electron chi connectivity index (χ4n) is 3.40. The predicted octanol–water partition coefficient (Wildman–Crippen LogP) is 1.32. The molecule has 0 aliphatic carbocycles. The minimum Gasteiger partial charge on any atom is -0.478 e. The van der Waals surface area contributed by atoms with E-state index in [1.807, 2.05) is 25.3 Å². The van der Waals surface area contributed by atoms with Crippen molar-refractivity contribution in [2.75, 3.05) is 39.9 Å². The quantitative estimate of drug-likeness (QED) is 0.469. The van der Waals surface area contributed by atoms with Crippen molar-refractivity contribution < 1.29 is 24.5 Å². The molecule has 0 amide bonds. The average Bonchev–Trinajstić information content (AvgIpc) is 3.06. The molecule has 2 aromatic heterocycles. The van der Waals surface area contributed by atoms with Crippen molar-refractivity contribution in [2.45, 2.75) is 33.0 Å². The van der Waals surface area contributed by atoms with Gasteiger partial charge < -0.3 is 24.4 Å². The summed E-state index contributed by atoms with van der Waals surface area (Å²) in [5, 5.41) is 15.6. The third-order valence-corrected chi connectivity index (χ3v) is 4.93. The van der Waals surface area contributed by atoms with Crippen molar-refractivity contribution in [1.82, 2.24) is 24.3 Å². The first-order valence-electron chi connectivity index (χ1n) is 10.3. The molecular weight excluding hydrogens is 402 g/mol. The molecule has 0 aromatic carbocycles. The summed E-state index contributed by atoms with van der Waals surface area (Å²) in [6, 6.07) is 4.53. The lowest BCUT2D eigenvalue weighted by atomic mass is 10.2. The monoisotopic (exact) mass is 433 g/mol. The number of rotatable bonds is 8. The zero-order valence-electron chi connectivity index (χ0n) is 18.3. The van der Waals surface area contributed by atoms with Crippen LogP contribution in [0, 0.1) is 0 Å². The molecule has 1 unspecified atom stereocenters. The van der Waals surface area contributed by atoms with E-state index in [0.29, 0.717) is 24.8 Å². The van der Waals surface area contributed by atoms with Gasteiger partial charge in [0.05, 0.1) is 13.2 Å². The molecule has 1 aliphatic rings. The molecule has 170 valence electrons. The molecule has 1 aliphatic heterocycles. The van der Waals surface area contributed by atoms with Crippen LogP contribution in [0.3, 0.4) is 0 Å². The number of carboxylic acids is 2. The second-order valence-electron chi connectivity index (χ2n) is 7.31. The van der Waals surface area contributed by atoms with Gasteiger partial charge in [0.15, 0.2) is 5.65 Å². The van der Waals surface area contributed by atoms with E-state index < -0.39 is 11.9 Å². The summed E-state index contributed by atoms with van der Waals surface area (Å²) in [7, 11) is 2.19. The minimum absolute atomic E-state index is 0.543. The van der Waals surface area contributed by atoms with Crippen molar-refractivity contribution in [3.05, 3.63) is 36.3 Å². The molecule has 2 aromatic rings. The van der Waals surface area contributed by atoms with Gasteiger partial charge in [-0.2, -0.15) is 0 Å². The molecule has 10 heteroatoms. The number of carboxylic acid groups (broad SMARTS) is 2. The Bertz CT molecular complexity index is 881. The largest absolute Gasteiger partial charge is 0.478 e. The van der Waals surface area contributed by atoms with Gasteiger partial charge in [0.1, 0.15) is 11.3 Å². The summed E-state index contributed by atoms with van der Waals surface area (Å²) in [5.41, 5.74) is 1.93. The van der Waals surface area contributed by atoms with Crippen LogP contribution < -0.4 is 0 Å². The number of nitrogens with zero attached hydrogens (tertiary/aromatic N) is 5. The summed E-state index contributed by atoms with van der Waals surface area (Å²) in [5.74, 6) is -1.42. The van der Waals surface area contributed by atoms with Crippen LogP contribution in [-0.4, -0.2) is 92.4 Å². The van der Waals surface area contributed by atoms with Crippen LogP contribution in [0.4, 0.5) is 0 Å². The second-order valence-corrected chi connectivity index (χ2v) is 7.31. The van der Waals surface area contributed by atoms with Gasteiger partial charge in [-0.05, 0) is 33.0 Å². The lowest BCUT2D eigenvalue weighted by Gasteiger charge is -2.37. The summed E-state index contributed by atoms with van der Waals surface area (Å²) < 4.78 is 7.76. The van der Waals surface area contributed by atoms with Crippen LogP contribution in [0.1, 0.15) is 19.7 Å². The molecule has 1 atom stereocenters. The topological polar surface area (TPSA) is 121 Å². The van der Waals surface area contributed by atoms with Gasteiger partial charge in [0, 0.05) is 57.2 Å². The summed E-state index contributed by atoms with van der Waals surface area (Å²) in [6.07, 6.45) is 2.95. The summed E-state index contributed by atoms with van der Waals surface area (Å²) in [4.78, 5) is 33.4. The first-order chi connectivity index (χ1) is 14.8. The van der Waals surface area contributed by atoms with E-state index in [1.165, 1.54) is 0 Å². The van der Waals surface area contributed by atoms with Gasteiger partial charge in [-0.15, -0.1) is 0 Å². The molecule has 0 saturated carbocycles. The number of imidazole rings is 1. The van der Waals surface area contributed by atoms with Crippen LogP contribution in [0.25, 0.3) is 11.2 Å². The number of aromatic nitrogens is 3. The molecule has 1 fully saturated rings. The van der Waals surface area contributed by atoms with Crippen LogP contribution in [-0.2, 0) is 27.4 Å². The number of fused-ring (bicyclic) bond motifs is 1. The van der Waals surface area contributed by atoms with Crippen LogP contribution >= 0.6 is 0 Å². The van der Waals surface area contributed by atoms with Crippen molar-refractivity contribution in [3.8, 4) is 0 Å². The predicted molar refractivity (Wildman–Crippen MR) is 116 cm³/mol.